The number of likely N-dealkylation sites (tertiary alicyclic amines) is 1. The monoisotopic (exact) mass is 411 g/mol. The number of hydrogen-bond acceptors (Lipinski definition) is 4. The van der Waals surface area contributed by atoms with Gasteiger partial charge in [-0.15, -0.1) is 0 Å². The summed E-state index contributed by atoms with van der Waals surface area (Å²) in [5.41, 5.74) is 2.47. The molecule has 2 aromatic rings. The van der Waals surface area contributed by atoms with Crippen molar-refractivity contribution < 1.29 is 24.0 Å². The van der Waals surface area contributed by atoms with Crippen LogP contribution in [0.25, 0.3) is 5.76 Å². The Labute approximate surface area is 177 Å². The van der Waals surface area contributed by atoms with Crippen LogP contribution in [-0.2, 0) is 9.59 Å². The first-order valence-corrected chi connectivity index (χ1v) is 10.6. The number of carbonyl (C=O) groups is 2. The molecule has 1 amide bonds. The zero-order chi connectivity index (χ0) is 21.8. The molecule has 2 heterocycles. The third kappa shape index (κ3) is 4.19. The van der Waals surface area contributed by atoms with Crippen molar-refractivity contribution in [3.8, 4) is 0 Å². The van der Waals surface area contributed by atoms with Crippen LogP contribution < -0.4 is 4.90 Å². The van der Waals surface area contributed by atoms with E-state index in [0.29, 0.717) is 17.9 Å². The van der Waals surface area contributed by atoms with Gasteiger partial charge in [0.15, 0.2) is 0 Å². The van der Waals surface area contributed by atoms with Crippen molar-refractivity contribution in [3.05, 3.63) is 64.6 Å². The first-order valence-electron chi connectivity index (χ1n) is 10.6. The molecule has 3 rings (SSSR count). The van der Waals surface area contributed by atoms with E-state index in [9.17, 15) is 14.7 Å². The van der Waals surface area contributed by atoms with E-state index in [0.717, 1.165) is 37.2 Å². The number of aliphatic hydroxyl groups is 1. The van der Waals surface area contributed by atoms with Gasteiger partial charge in [0.2, 0.25) is 0 Å². The SMILES string of the molecule is CC[NH+](CC)CCCN1C(=O)C(=O)C(=C(O)c2cc(C)ccc2C)[C@H]1c1ccco1. The number of aryl methyl sites for hydroxylation is 2. The van der Waals surface area contributed by atoms with Crippen molar-refractivity contribution >= 4 is 17.4 Å². The Morgan fingerprint density at radius 3 is 2.53 bits per heavy atom. The number of amides is 1. The Balaban J connectivity index is 2.01. The van der Waals surface area contributed by atoms with Gasteiger partial charge in [0.1, 0.15) is 17.6 Å². The summed E-state index contributed by atoms with van der Waals surface area (Å²) in [4.78, 5) is 28.9. The van der Waals surface area contributed by atoms with Gasteiger partial charge in [0.05, 0.1) is 31.5 Å². The van der Waals surface area contributed by atoms with Gasteiger partial charge in [-0.1, -0.05) is 17.7 Å². The Morgan fingerprint density at radius 2 is 1.90 bits per heavy atom. The molecule has 1 aromatic heterocycles. The number of nitrogens with one attached hydrogen (secondary N) is 1. The van der Waals surface area contributed by atoms with Crippen LogP contribution in [-0.4, -0.2) is 47.9 Å². The molecule has 0 saturated carbocycles. The molecule has 0 bridgehead atoms. The van der Waals surface area contributed by atoms with E-state index in [-0.39, 0.29) is 11.3 Å². The highest BCUT2D eigenvalue weighted by Gasteiger charge is 2.47. The minimum absolute atomic E-state index is 0.0961. The van der Waals surface area contributed by atoms with Crippen molar-refractivity contribution in [2.24, 2.45) is 0 Å². The quantitative estimate of drug-likeness (QED) is 0.398. The molecule has 0 aliphatic carbocycles. The van der Waals surface area contributed by atoms with Gasteiger partial charge >= 0.3 is 0 Å². The molecule has 0 unspecified atom stereocenters. The maximum absolute atomic E-state index is 13.0. The third-order valence-electron chi connectivity index (χ3n) is 5.93. The van der Waals surface area contributed by atoms with Crippen LogP contribution in [0.3, 0.4) is 0 Å². The number of quaternary nitrogens is 1. The van der Waals surface area contributed by atoms with E-state index < -0.39 is 17.7 Å². The molecule has 0 spiro atoms. The van der Waals surface area contributed by atoms with E-state index in [1.54, 1.807) is 17.0 Å². The summed E-state index contributed by atoms with van der Waals surface area (Å²) >= 11 is 0. The molecule has 1 aliphatic heterocycles. The van der Waals surface area contributed by atoms with E-state index in [1.165, 1.54) is 11.2 Å². The number of carbonyl (C=O) groups excluding carboxylic acids is 2. The summed E-state index contributed by atoms with van der Waals surface area (Å²) in [6.45, 7) is 11.5. The largest absolute Gasteiger partial charge is 0.507 e. The lowest BCUT2D eigenvalue weighted by molar-refractivity contribution is -0.896. The standard InChI is InChI=1S/C24H30N2O4/c1-5-25(6-2)12-8-13-26-21(19-9-7-14-30-19)20(23(28)24(26)29)22(27)18-15-16(3)10-11-17(18)4/h7,9-11,14-15,21,27H,5-6,8,12-13H2,1-4H3/p+1/t21-/m1/s1. The Bertz CT molecular complexity index is 942. The molecule has 1 fully saturated rings. The lowest BCUT2D eigenvalue weighted by atomic mass is 9.96. The first-order chi connectivity index (χ1) is 14.4. The van der Waals surface area contributed by atoms with Crippen LogP contribution in [0.4, 0.5) is 0 Å². The van der Waals surface area contributed by atoms with Crippen LogP contribution in [0.5, 0.6) is 0 Å². The molecule has 1 saturated heterocycles. The molecule has 1 aliphatic rings. The highest BCUT2D eigenvalue weighted by molar-refractivity contribution is 6.46. The Kier molecular flexibility index (Phi) is 6.77. The second kappa shape index (κ2) is 9.30. The summed E-state index contributed by atoms with van der Waals surface area (Å²) in [7, 11) is 0. The molecule has 2 N–H and O–H groups in total. The highest BCUT2D eigenvalue weighted by Crippen LogP contribution is 2.40. The van der Waals surface area contributed by atoms with Gasteiger partial charge in [-0.25, -0.2) is 0 Å². The molecule has 6 nitrogen and oxygen atoms in total. The fourth-order valence-electron chi connectivity index (χ4n) is 4.09. The zero-order valence-corrected chi connectivity index (χ0v) is 18.2. The maximum Gasteiger partial charge on any atom is 0.295 e. The Hall–Kier alpha value is -2.86. The molecule has 160 valence electrons. The number of furan rings is 1. The zero-order valence-electron chi connectivity index (χ0n) is 18.2. The number of benzene rings is 1. The molecular formula is C24H31N2O4+. The van der Waals surface area contributed by atoms with Crippen molar-refractivity contribution in [2.75, 3.05) is 26.2 Å². The van der Waals surface area contributed by atoms with Crippen LogP contribution >= 0.6 is 0 Å². The van der Waals surface area contributed by atoms with Gasteiger partial charge in [-0.05, 0) is 51.5 Å². The number of nitrogens with zero attached hydrogens (tertiary/aromatic N) is 1. The van der Waals surface area contributed by atoms with Crippen LogP contribution in [0, 0.1) is 13.8 Å². The van der Waals surface area contributed by atoms with Crippen molar-refractivity contribution in [1.82, 2.24) is 4.90 Å². The fraction of sp³-hybridized carbons (Fsp3) is 0.417. The van der Waals surface area contributed by atoms with Gasteiger partial charge < -0.3 is 19.3 Å². The summed E-state index contributed by atoms with van der Waals surface area (Å²) < 4.78 is 5.59. The van der Waals surface area contributed by atoms with E-state index in [1.807, 2.05) is 32.0 Å². The summed E-state index contributed by atoms with van der Waals surface area (Å²) in [5.74, 6) is -0.910. The molecule has 0 radical (unpaired) electrons. The maximum atomic E-state index is 13.0. The van der Waals surface area contributed by atoms with E-state index in [2.05, 4.69) is 13.8 Å². The molecule has 1 aromatic carbocycles. The predicted molar refractivity (Wildman–Crippen MR) is 115 cm³/mol. The second-order valence-electron chi connectivity index (χ2n) is 7.89. The third-order valence-corrected chi connectivity index (χ3v) is 5.93. The smallest absolute Gasteiger partial charge is 0.295 e. The van der Waals surface area contributed by atoms with Crippen molar-refractivity contribution in [1.29, 1.82) is 0 Å². The minimum Gasteiger partial charge on any atom is -0.507 e. The molecule has 6 heteroatoms. The molecule has 1 atom stereocenters. The minimum atomic E-state index is -0.716. The van der Waals surface area contributed by atoms with Crippen LogP contribution in [0.15, 0.2) is 46.6 Å². The number of ketones is 1. The summed E-state index contributed by atoms with van der Waals surface area (Å²) in [6, 6.07) is 8.44. The van der Waals surface area contributed by atoms with E-state index in [4.69, 9.17) is 4.42 Å². The van der Waals surface area contributed by atoms with Gasteiger partial charge in [0.25, 0.3) is 11.7 Å². The normalized spacial score (nSPS) is 18.6. The van der Waals surface area contributed by atoms with Crippen LogP contribution in [0.2, 0.25) is 0 Å². The summed E-state index contributed by atoms with van der Waals surface area (Å²) in [6.07, 6.45) is 2.29. The number of aliphatic hydroxyl groups excluding tert-OH is 1. The van der Waals surface area contributed by atoms with Crippen LogP contribution in [0.1, 0.15) is 48.8 Å². The van der Waals surface area contributed by atoms with E-state index >= 15 is 0 Å². The average molecular weight is 412 g/mol. The number of hydrogen-bond donors (Lipinski definition) is 2. The molecular weight excluding hydrogens is 380 g/mol. The van der Waals surface area contributed by atoms with Gasteiger partial charge in [-0.3, -0.25) is 9.59 Å². The van der Waals surface area contributed by atoms with Gasteiger partial charge in [0, 0.05) is 18.5 Å². The van der Waals surface area contributed by atoms with Gasteiger partial charge in [-0.2, -0.15) is 0 Å². The first kappa shape index (κ1) is 21.8. The Morgan fingerprint density at radius 1 is 1.17 bits per heavy atom. The lowest BCUT2D eigenvalue weighted by Crippen LogP contribution is -3.11. The topological polar surface area (TPSA) is 75.2 Å². The number of rotatable bonds is 8. The number of Topliss-reactive ketones (excluding diaryl/α,β-unsaturated/α-hetero) is 1. The fourth-order valence-corrected chi connectivity index (χ4v) is 4.09. The molecule has 30 heavy (non-hydrogen) atoms. The second-order valence-corrected chi connectivity index (χ2v) is 7.89. The van der Waals surface area contributed by atoms with Crippen molar-refractivity contribution in [3.63, 3.8) is 0 Å². The van der Waals surface area contributed by atoms with Crippen molar-refractivity contribution in [2.45, 2.75) is 40.2 Å². The predicted octanol–water partition coefficient (Wildman–Crippen LogP) is 2.63. The lowest BCUT2D eigenvalue weighted by Gasteiger charge is -2.24. The highest BCUT2D eigenvalue weighted by atomic mass is 16.3. The average Bonchev–Trinajstić information content (AvgIpc) is 3.35. The summed E-state index contributed by atoms with van der Waals surface area (Å²) in [5, 5.41) is 11.1.